The normalized spacial score (nSPS) is 14.2. The standard InChI is InChI=1S/C62H42N4S6/c1-31-7-15-37(16-8-31)61(38-17-9-32(2)10-18-38)45-23-25-49-43(29-51(69-49)55-65-59-57(71-55)63-35(5)67-59)53(45)41-28-48-42(27-47(41)61)54-44-30-52(56-66-60-58(72-56)64-36(6)68-60)70-50(44)26-24-46(54)62(48,39-19-11-33(3)12-20-39)40-21-13-34(4)14-22-40/h7-30H,1-6H3. The van der Waals surface area contributed by atoms with E-state index in [4.69, 9.17) is 19.9 Å². The fraction of sp³-hybridized carbons (Fsp3) is 0.129. The van der Waals surface area contributed by atoms with Gasteiger partial charge in [0.25, 0.3) is 0 Å². The fourth-order valence-corrected chi connectivity index (χ4v) is 18.1. The Hall–Kier alpha value is -6.50. The zero-order valence-corrected chi connectivity index (χ0v) is 45.0. The Balaban J connectivity index is 1.09. The van der Waals surface area contributed by atoms with E-state index in [1.165, 1.54) is 119 Å². The predicted octanol–water partition coefficient (Wildman–Crippen LogP) is 18.2. The Morgan fingerprint density at radius 3 is 0.986 bits per heavy atom. The van der Waals surface area contributed by atoms with Crippen molar-refractivity contribution in [3.8, 4) is 42.0 Å². The first kappa shape index (κ1) is 43.1. The number of thiophene rings is 2. The van der Waals surface area contributed by atoms with E-state index in [9.17, 15) is 0 Å². The Bertz CT molecular complexity index is 3950. The second kappa shape index (κ2) is 15.5. The molecule has 13 aromatic rings. The highest BCUT2D eigenvalue weighted by atomic mass is 32.1. The molecule has 2 aliphatic rings. The van der Waals surface area contributed by atoms with Crippen molar-refractivity contribution in [1.29, 1.82) is 0 Å². The third-order valence-corrected chi connectivity index (χ3v) is 21.7. The van der Waals surface area contributed by atoms with E-state index >= 15 is 0 Å². The molecular weight excluding hydrogens is 993 g/mol. The van der Waals surface area contributed by atoms with E-state index < -0.39 is 10.8 Å². The van der Waals surface area contributed by atoms with Gasteiger partial charge in [-0.05, 0) is 145 Å². The lowest BCUT2D eigenvalue weighted by Gasteiger charge is -2.35. The predicted molar refractivity (Wildman–Crippen MR) is 309 cm³/mol. The van der Waals surface area contributed by atoms with Gasteiger partial charge in [0, 0.05) is 20.2 Å². The molecule has 0 amide bonds. The topological polar surface area (TPSA) is 51.6 Å². The average molecular weight is 1040 g/mol. The van der Waals surface area contributed by atoms with Crippen LogP contribution in [0.3, 0.4) is 0 Å². The van der Waals surface area contributed by atoms with Crippen molar-refractivity contribution in [1.82, 2.24) is 19.9 Å². The van der Waals surface area contributed by atoms with E-state index in [0.29, 0.717) is 0 Å². The summed E-state index contributed by atoms with van der Waals surface area (Å²) in [5.74, 6) is 0. The number of fused-ring (bicyclic) bond motifs is 12. The molecule has 0 fully saturated rings. The zero-order chi connectivity index (χ0) is 48.4. The Labute approximate surface area is 440 Å². The van der Waals surface area contributed by atoms with E-state index in [2.05, 4.69) is 187 Å². The Morgan fingerprint density at radius 1 is 0.319 bits per heavy atom. The highest BCUT2D eigenvalue weighted by Crippen LogP contribution is 2.65. The summed E-state index contributed by atoms with van der Waals surface area (Å²) in [6.45, 7) is 12.9. The molecule has 15 rings (SSSR count). The molecule has 346 valence electrons. The Morgan fingerprint density at radius 2 is 0.653 bits per heavy atom. The minimum Gasteiger partial charge on any atom is -0.229 e. The number of thiazole rings is 4. The van der Waals surface area contributed by atoms with Crippen LogP contribution in [0.25, 0.3) is 81.5 Å². The van der Waals surface area contributed by atoms with Gasteiger partial charge in [0.15, 0.2) is 19.3 Å². The first-order valence-electron chi connectivity index (χ1n) is 24.2. The summed E-state index contributed by atoms with van der Waals surface area (Å²) in [7, 11) is 0. The summed E-state index contributed by atoms with van der Waals surface area (Å²) in [6, 6.07) is 57.3. The van der Waals surface area contributed by atoms with Crippen molar-refractivity contribution < 1.29 is 0 Å². The lowest BCUT2D eigenvalue weighted by Crippen LogP contribution is -2.30. The van der Waals surface area contributed by atoms with Crippen LogP contribution in [0.5, 0.6) is 0 Å². The van der Waals surface area contributed by atoms with Gasteiger partial charge in [-0.3, -0.25) is 0 Å². The molecule has 4 nitrogen and oxygen atoms in total. The summed E-state index contributed by atoms with van der Waals surface area (Å²) in [5, 5.41) is 6.71. The number of aromatic nitrogens is 4. The number of nitrogens with zero attached hydrogens (tertiary/aromatic N) is 4. The molecule has 0 N–H and O–H groups in total. The van der Waals surface area contributed by atoms with Crippen LogP contribution in [0, 0.1) is 41.5 Å². The summed E-state index contributed by atoms with van der Waals surface area (Å²) in [4.78, 5) is 26.5. The molecule has 0 bridgehead atoms. The molecule has 6 aromatic heterocycles. The van der Waals surface area contributed by atoms with Crippen LogP contribution in [0.15, 0.2) is 146 Å². The summed E-state index contributed by atoms with van der Waals surface area (Å²) < 4.78 is 2.51. The SMILES string of the molecule is Cc1ccc(C2(c3ccc(C)cc3)c3cc4c(cc3-c3c2ccc2sc(-c5nc6sc(C)nc6s5)cc32)C(c2ccc(C)cc2)(c2ccc(C)cc2)c2ccc3sc(-c5nc6sc(C)nc6s5)cc3c2-4)cc1. The van der Waals surface area contributed by atoms with Gasteiger partial charge in [-0.2, -0.15) is 0 Å². The van der Waals surface area contributed by atoms with Crippen LogP contribution in [0.1, 0.15) is 76.8 Å². The van der Waals surface area contributed by atoms with Gasteiger partial charge >= 0.3 is 0 Å². The second-order valence-electron chi connectivity index (χ2n) is 19.7. The van der Waals surface area contributed by atoms with Crippen LogP contribution in [0.4, 0.5) is 0 Å². The van der Waals surface area contributed by atoms with Crippen molar-refractivity contribution in [2.45, 2.75) is 52.4 Å². The maximum Gasteiger partial charge on any atom is 0.155 e. The van der Waals surface area contributed by atoms with E-state index in [1.54, 1.807) is 45.3 Å². The molecule has 10 heteroatoms. The van der Waals surface area contributed by atoms with Crippen molar-refractivity contribution in [2.24, 2.45) is 0 Å². The molecular formula is C62H42N4S6. The minimum absolute atomic E-state index is 0.632. The first-order valence-corrected chi connectivity index (χ1v) is 29.1. The van der Waals surface area contributed by atoms with Gasteiger partial charge in [0.1, 0.15) is 10.0 Å². The lowest BCUT2D eigenvalue weighted by atomic mass is 9.65. The van der Waals surface area contributed by atoms with Gasteiger partial charge in [-0.15, -0.1) is 22.7 Å². The highest BCUT2D eigenvalue weighted by molar-refractivity contribution is 7.31. The Kier molecular flexibility index (Phi) is 9.29. The molecule has 0 aliphatic heterocycles. The van der Waals surface area contributed by atoms with Crippen LogP contribution in [0.2, 0.25) is 0 Å². The van der Waals surface area contributed by atoms with E-state index in [1.807, 2.05) is 22.7 Å². The van der Waals surface area contributed by atoms with Crippen molar-refractivity contribution in [2.75, 3.05) is 0 Å². The summed E-state index contributed by atoms with van der Waals surface area (Å²) >= 11 is 10.4. The third-order valence-electron chi connectivity index (χ3n) is 15.2. The molecule has 6 heterocycles. The average Bonchev–Trinajstić information content (AvgIpc) is 4.26. The van der Waals surface area contributed by atoms with Crippen molar-refractivity contribution >= 4 is 108 Å². The third kappa shape index (κ3) is 5.99. The highest BCUT2D eigenvalue weighted by Gasteiger charge is 2.52. The fourth-order valence-electron chi connectivity index (χ4n) is 12.0. The van der Waals surface area contributed by atoms with Gasteiger partial charge in [0.2, 0.25) is 0 Å². The molecule has 2 aliphatic carbocycles. The molecule has 0 saturated heterocycles. The maximum absolute atomic E-state index is 5.18. The molecule has 0 atom stereocenters. The van der Waals surface area contributed by atoms with Gasteiger partial charge in [-0.25, -0.2) is 19.9 Å². The zero-order valence-electron chi connectivity index (χ0n) is 40.1. The van der Waals surface area contributed by atoms with Crippen LogP contribution in [-0.2, 0) is 10.8 Å². The largest absolute Gasteiger partial charge is 0.229 e. The smallest absolute Gasteiger partial charge is 0.155 e. The van der Waals surface area contributed by atoms with Crippen LogP contribution in [-0.4, -0.2) is 19.9 Å². The molecule has 7 aromatic carbocycles. The van der Waals surface area contributed by atoms with Gasteiger partial charge in [0.05, 0.1) is 30.6 Å². The van der Waals surface area contributed by atoms with Crippen LogP contribution >= 0.6 is 68.0 Å². The number of hydrogen-bond donors (Lipinski definition) is 0. The first-order chi connectivity index (χ1) is 35.0. The molecule has 0 spiro atoms. The van der Waals surface area contributed by atoms with Crippen molar-refractivity contribution in [3.05, 3.63) is 222 Å². The van der Waals surface area contributed by atoms with Crippen molar-refractivity contribution in [3.63, 3.8) is 0 Å². The maximum atomic E-state index is 5.18. The quantitative estimate of drug-likeness (QED) is 0.167. The summed E-state index contributed by atoms with van der Waals surface area (Å²) in [6.07, 6.45) is 0. The molecule has 0 radical (unpaired) electrons. The molecule has 0 unspecified atom stereocenters. The van der Waals surface area contributed by atoms with Gasteiger partial charge in [-0.1, -0.05) is 177 Å². The van der Waals surface area contributed by atoms with E-state index in [0.717, 1.165) is 39.4 Å². The van der Waals surface area contributed by atoms with E-state index in [-0.39, 0.29) is 0 Å². The van der Waals surface area contributed by atoms with Crippen LogP contribution < -0.4 is 0 Å². The lowest BCUT2D eigenvalue weighted by molar-refractivity contribution is 0.758. The molecule has 0 saturated carbocycles. The van der Waals surface area contributed by atoms with Gasteiger partial charge < -0.3 is 0 Å². The minimum atomic E-state index is -0.632. The number of hydrogen-bond acceptors (Lipinski definition) is 10. The monoisotopic (exact) mass is 1030 g/mol. The number of benzene rings is 7. The second-order valence-corrected chi connectivity index (χ2v) is 26.1. The number of aryl methyl sites for hydroxylation is 6. The molecule has 72 heavy (non-hydrogen) atoms. The summed E-state index contributed by atoms with van der Waals surface area (Å²) in [5.41, 5.74) is 19.2. The number of rotatable bonds is 6.